The van der Waals surface area contributed by atoms with Crippen LogP contribution in [0, 0.1) is 13.8 Å². The third kappa shape index (κ3) is 3.80. The average Bonchev–Trinajstić information content (AvgIpc) is 3.54. The van der Waals surface area contributed by atoms with Gasteiger partial charge in [0, 0.05) is 12.0 Å². The average molecular weight is 371 g/mol. The molecule has 2 saturated carbocycles. The molecule has 6 heteroatoms. The van der Waals surface area contributed by atoms with E-state index in [-0.39, 0.29) is 11.9 Å². The Morgan fingerprint density at radius 1 is 1.23 bits per heavy atom. The van der Waals surface area contributed by atoms with Gasteiger partial charge >= 0.3 is 0 Å². The topological polar surface area (TPSA) is 59.8 Å². The van der Waals surface area contributed by atoms with Gasteiger partial charge in [0.25, 0.3) is 0 Å². The van der Waals surface area contributed by atoms with Crippen LogP contribution in [0.2, 0.25) is 0 Å². The zero-order chi connectivity index (χ0) is 18.3. The van der Waals surface area contributed by atoms with Crippen molar-refractivity contribution in [3.63, 3.8) is 0 Å². The van der Waals surface area contributed by atoms with E-state index in [2.05, 4.69) is 52.1 Å². The Labute approximate surface area is 159 Å². The first-order valence-electron chi connectivity index (χ1n) is 9.47. The summed E-state index contributed by atoms with van der Waals surface area (Å²) in [6.07, 6.45) is 4.87. The summed E-state index contributed by atoms with van der Waals surface area (Å²) >= 11 is 1.51. The highest BCUT2D eigenvalue weighted by molar-refractivity contribution is 7.99. The van der Waals surface area contributed by atoms with E-state index in [9.17, 15) is 4.79 Å². The second kappa shape index (κ2) is 7.06. The van der Waals surface area contributed by atoms with Gasteiger partial charge in [-0.1, -0.05) is 30.0 Å². The van der Waals surface area contributed by atoms with Crippen LogP contribution in [0.5, 0.6) is 0 Å². The number of thioether (sulfide) groups is 1. The lowest BCUT2D eigenvalue weighted by Crippen LogP contribution is -2.28. The van der Waals surface area contributed by atoms with Crippen molar-refractivity contribution in [1.82, 2.24) is 20.1 Å². The quantitative estimate of drug-likeness (QED) is 0.746. The molecule has 1 amide bonds. The first kappa shape index (κ1) is 17.6. The Hall–Kier alpha value is -1.82. The maximum Gasteiger partial charge on any atom is 0.230 e. The number of benzene rings is 1. The zero-order valence-corrected chi connectivity index (χ0v) is 16.5. The lowest BCUT2D eigenvalue weighted by atomic mass is 10.0. The molecule has 0 saturated heterocycles. The lowest BCUT2D eigenvalue weighted by molar-refractivity contribution is -0.119. The first-order chi connectivity index (χ1) is 12.5. The molecule has 2 aromatic rings. The van der Waals surface area contributed by atoms with Crippen molar-refractivity contribution in [2.75, 3.05) is 5.75 Å². The van der Waals surface area contributed by atoms with Gasteiger partial charge in [-0.2, -0.15) is 0 Å². The number of carbonyl (C=O) groups is 1. The number of hydrogen-bond donors (Lipinski definition) is 1. The molecule has 1 aromatic heterocycles. The van der Waals surface area contributed by atoms with E-state index in [0.29, 0.717) is 17.7 Å². The van der Waals surface area contributed by atoms with Gasteiger partial charge in [-0.25, -0.2) is 0 Å². The van der Waals surface area contributed by atoms with E-state index in [1.807, 2.05) is 6.92 Å². The number of hydrogen-bond acceptors (Lipinski definition) is 4. The number of rotatable bonds is 7. The van der Waals surface area contributed by atoms with Gasteiger partial charge in [-0.05, 0) is 63.1 Å². The number of nitrogens with one attached hydrogen (secondary N) is 1. The van der Waals surface area contributed by atoms with E-state index < -0.39 is 0 Å². The van der Waals surface area contributed by atoms with Crippen molar-refractivity contribution < 1.29 is 4.79 Å². The zero-order valence-electron chi connectivity index (χ0n) is 15.7. The molecule has 138 valence electrons. The van der Waals surface area contributed by atoms with E-state index >= 15 is 0 Å². The predicted molar refractivity (Wildman–Crippen MR) is 103 cm³/mol. The van der Waals surface area contributed by atoms with Gasteiger partial charge in [0.2, 0.25) is 5.91 Å². The molecule has 1 heterocycles. The van der Waals surface area contributed by atoms with E-state index in [0.717, 1.165) is 16.5 Å². The molecule has 1 atom stereocenters. The standard InChI is InChI=1S/C20H26N4OS/c1-12-4-5-16(10-13(12)2)14(3)21-18(25)11-26-20-23-22-19(15-6-7-15)24(20)17-8-9-17/h4-5,10,14-15,17H,6-9,11H2,1-3H3,(H,21,25). The maximum absolute atomic E-state index is 12.4. The van der Waals surface area contributed by atoms with Crippen LogP contribution in [0.3, 0.4) is 0 Å². The van der Waals surface area contributed by atoms with Gasteiger partial charge in [-0.15, -0.1) is 10.2 Å². The predicted octanol–water partition coefficient (Wildman–Crippen LogP) is 4.08. The van der Waals surface area contributed by atoms with E-state index in [1.54, 1.807) is 0 Å². The monoisotopic (exact) mass is 370 g/mol. The fraction of sp³-hybridized carbons (Fsp3) is 0.550. The molecule has 1 N–H and O–H groups in total. The molecule has 2 aliphatic carbocycles. The largest absolute Gasteiger partial charge is 0.349 e. The van der Waals surface area contributed by atoms with Crippen LogP contribution in [-0.2, 0) is 4.79 Å². The fourth-order valence-corrected chi connectivity index (χ4v) is 4.04. The minimum Gasteiger partial charge on any atom is -0.349 e. The van der Waals surface area contributed by atoms with E-state index in [1.165, 1.54) is 48.6 Å². The maximum atomic E-state index is 12.4. The van der Waals surface area contributed by atoms with Crippen LogP contribution in [-0.4, -0.2) is 26.4 Å². The van der Waals surface area contributed by atoms with Crippen LogP contribution < -0.4 is 5.32 Å². The molecule has 0 aliphatic heterocycles. The summed E-state index contributed by atoms with van der Waals surface area (Å²) in [5.41, 5.74) is 3.67. The third-order valence-electron chi connectivity index (χ3n) is 5.29. The van der Waals surface area contributed by atoms with Crippen LogP contribution in [0.4, 0.5) is 0 Å². The smallest absolute Gasteiger partial charge is 0.230 e. The molecule has 2 fully saturated rings. The number of aryl methyl sites for hydroxylation is 2. The molecule has 5 nitrogen and oxygen atoms in total. The number of carbonyl (C=O) groups excluding carboxylic acids is 1. The molecule has 2 aliphatic rings. The summed E-state index contributed by atoms with van der Waals surface area (Å²) in [4.78, 5) is 12.4. The second-order valence-electron chi connectivity index (χ2n) is 7.64. The van der Waals surface area contributed by atoms with Gasteiger partial charge in [0.15, 0.2) is 5.16 Å². The van der Waals surface area contributed by atoms with Crippen LogP contribution in [0.25, 0.3) is 0 Å². The molecule has 0 spiro atoms. The Morgan fingerprint density at radius 3 is 2.65 bits per heavy atom. The summed E-state index contributed by atoms with van der Waals surface area (Å²) in [5, 5.41) is 12.8. The van der Waals surface area contributed by atoms with Crippen molar-refractivity contribution >= 4 is 17.7 Å². The minimum atomic E-state index is 0.00530. The van der Waals surface area contributed by atoms with Crippen molar-refractivity contribution in [3.05, 3.63) is 40.7 Å². The summed E-state index contributed by atoms with van der Waals surface area (Å²) < 4.78 is 2.29. The number of aromatic nitrogens is 3. The van der Waals surface area contributed by atoms with Crippen LogP contribution in [0.15, 0.2) is 23.4 Å². The lowest BCUT2D eigenvalue weighted by Gasteiger charge is -2.15. The van der Waals surface area contributed by atoms with Gasteiger partial charge in [0.05, 0.1) is 11.8 Å². The highest BCUT2D eigenvalue weighted by Gasteiger charge is 2.36. The molecule has 26 heavy (non-hydrogen) atoms. The molecule has 1 unspecified atom stereocenters. The van der Waals surface area contributed by atoms with Gasteiger partial charge in [0.1, 0.15) is 5.82 Å². The highest BCUT2D eigenvalue weighted by Crippen LogP contribution is 2.45. The summed E-state index contributed by atoms with van der Waals surface area (Å²) in [7, 11) is 0. The van der Waals surface area contributed by atoms with Crippen LogP contribution in [0.1, 0.15) is 73.1 Å². The van der Waals surface area contributed by atoms with Crippen molar-refractivity contribution in [1.29, 1.82) is 0 Å². The molecule has 0 radical (unpaired) electrons. The van der Waals surface area contributed by atoms with Crippen molar-refractivity contribution in [2.45, 2.75) is 69.6 Å². The summed E-state index contributed by atoms with van der Waals surface area (Å²) in [6.45, 7) is 6.24. The number of amides is 1. The van der Waals surface area contributed by atoms with Crippen molar-refractivity contribution in [2.24, 2.45) is 0 Å². The Bertz CT molecular complexity index is 823. The minimum absolute atomic E-state index is 0.00530. The number of nitrogens with zero attached hydrogens (tertiary/aromatic N) is 3. The normalized spacial score (nSPS) is 18.0. The molecular weight excluding hydrogens is 344 g/mol. The van der Waals surface area contributed by atoms with Gasteiger partial charge in [-0.3, -0.25) is 4.79 Å². The molecule has 0 bridgehead atoms. The third-order valence-corrected chi connectivity index (χ3v) is 6.23. The second-order valence-corrected chi connectivity index (χ2v) is 8.58. The Morgan fingerprint density at radius 2 is 2.00 bits per heavy atom. The SMILES string of the molecule is Cc1ccc(C(C)NC(=O)CSc2nnc(C3CC3)n2C2CC2)cc1C. The molecular formula is C20H26N4OS. The Balaban J connectivity index is 1.36. The van der Waals surface area contributed by atoms with Gasteiger partial charge < -0.3 is 9.88 Å². The highest BCUT2D eigenvalue weighted by atomic mass is 32.2. The van der Waals surface area contributed by atoms with Crippen molar-refractivity contribution in [3.8, 4) is 0 Å². The summed E-state index contributed by atoms with van der Waals surface area (Å²) in [5.74, 6) is 2.15. The first-order valence-corrected chi connectivity index (χ1v) is 10.5. The fourth-order valence-electron chi connectivity index (χ4n) is 3.21. The Kier molecular flexibility index (Phi) is 4.78. The molecule has 4 rings (SSSR count). The van der Waals surface area contributed by atoms with Crippen LogP contribution >= 0.6 is 11.8 Å². The summed E-state index contributed by atoms with van der Waals surface area (Å²) in [6, 6.07) is 6.91. The molecule has 1 aromatic carbocycles. The van der Waals surface area contributed by atoms with E-state index in [4.69, 9.17) is 0 Å².